The molecular weight excluding hydrogens is 338 g/mol. The molecule has 5 nitrogen and oxygen atoms in total. The van der Waals surface area contributed by atoms with Gasteiger partial charge in [0.25, 0.3) is 0 Å². The summed E-state index contributed by atoms with van der Waals surface area (Å²) in [6.45, 7) is 1.87. The summed E-state index contributed by atoms with van der Waals surface area (Å²) in [7, 11) is -3.47. The van der Waals surface area contributed by atoms with Gasteiger partial charge in [-0.2, -0.15) is 4.31 Å². The second kappa shape index (κ2) is 8.17. The lowest BCUT2D eigenvalue weighted by Gasteiger charge is -2.26. The molecule has 0 amide bonds. The third-order valence-corrected chi connectivity index (χ3v) is 5.66. The van der Waals surface area contributed by atoms with E-state index in [-0.39, 0.29) is 11.5 Å². The highest BCUT2D eigenvalue weighted by Crippen LogP contribution is 2.20. The van der Waals surface area contributed by atoms with Gasteiger partial charge in [-0.3, -0.25) is 0 Å². The first-order valence-electron chi connectivity index (χ1n) is 8.01. The predicted octanol–water partition coefficient (Wildman–Crippen LogP) is 2.14. The van der Waals surface area contributed by atoms with Gasteiger partial charge < -0.3 is 9.47 Å². The molecule has 2 aromatic carbocycles. The number of nitrogens with zero attached hydrogens (tertiary/aromatic N) is 1. The van der Waals surface area contributed by atoms with Crippen LogP contribution in [0.4, 0.5) is 0 Å². The summed E-state index contributed by atoms with van der Waals surface area (Å²) < 4.78 is 37.2. The Hall–Kier alpha value is -2.33. The molecule has 1 aliphatic rings. The van der Waals surface area contributed by atoms with Crippen LogP contribution in [0.1, 0.15) is 5.56 Å². The van der Waals surface area contributed by atoms with Crippen LogP contribution in [0.5, 0.6) is 5.75 Å². The summed E-state index contributed by atoms with van der Waals surface area (Å²) >= 11 is 0. The van der Waals surface area contributed by atoms with Gasteiger partial charge in [-0.05, 0) is 36.4 Å². The maximum Gasteiger partial charge on any atom is 0.243 e. The molecule has 1 aliphatic heterocycles. The molecule has 0 saturated carbocycles. The fraction of sp³-hybridized carbons (Fsp3) is 0.263. The maximum atomic E-state index is 12.5. The van der Waals surface area contributed by atoms with Gasteiger partial charge in [-0.1, -0.05) is 30.0 Å². The molecule has 130 valence electrons. The maximum absolute atomic E-state index is 12.5. The van der Waals surface area contributed by atoms with Gasteiger partial charge in [0.15, 0.2) is 0 Å². The summed E-state index contributed by atoms with van der Waals surface area (Å²) in [5.74, 6) is 6.52. The summed E-state index contributed by atoms with van der Waals surface area (Å²) in [5, 5.41) is 0. The SMILES string of the molecule is O=S(=O)(c1ccc(OCC#Cc2ccccc2)cc1)N1CCOCC1. The second-order valence-electron chi connectivity index (χ2n) is 5.44. The molecule has 3 rings (SSSR count). The van der Waals surface area contributed by atoms with Crippen molar-refractivity contribution in [3.63, 3.8) is 0 Å². The van der Waals surface area contributed by atoms with Crippen LogP contribution >= 0.6 is 0 Å². The minimum absolute atomic E-state index is 0.241. The normalized spacial score (nSPS) is 15.2. The van der Waals surface area contributed by atoms with Crippen LogP contribution in [-0.4, -0.2) is 45.6 Å². The van der Waals surface area contributed by atoms with Gasteiger partial charge in [0.2, 0.25) is 10.0 Å². The molecule has 2 aromatic rings. The first-order valence-corrected chi connectivity index (χ1v) is 9.45. The molecule has 0 unspecified atom stereocenters. The van der Waals surface area contributed by atoms with E-state index in [1.54, 1.807) is 24.3 Å². The van der Waals surface area contributed by atoms with Crippen LogP contribution in [0.3, 0.4) is 0 Å². The van der Waals surface area contributed by atoms with E-state index in [1.165, 1.54) is 4.31 Å². The van der Waals surface area contributed by atoms with Crippen molar-refractivity contribution in [3.8, 4) is 17.6 Å². The Labute approximate surface area is 148 Å². The molecular formula is C19H19NO4S. The Bertz CT molecular complexity index is 846. The van der Waals surface area contributed by atoms with Gasteiger partial charge in [-0.25, -0.2) is 8.42 Å². The molecule has 0 spiro atoms. The van der Waals surface area contributed by atoms with Gasteiger partial charge in [0.1, 0.15) is 12.4 Å². The van der Waals surface area contributed by atoms with Crippen molar-refractivity contribution in [2.75, 3.05) is 32.9 Å². The number of benzene rings is 2. The average molecular weight is 357 g/mol. The number of sulfonamides is 1. The zero-order chi connectivity index (χ0) is 17.5. The Balaban J connectivity index is 1.60. The average Bonchev–Trinajstić information content (AvgIpc) is 2.67. The molecule has 25 heavy (non-hydrogen) atoms. The fourth-order valence-electron chi connectivity index (χ4n) is 2.42. The summed E-state index contributed by atoms with van der Waals surface area (Å²) in [4.78, 5) is 0.261. The molecule has 6 heteroatoms. The number of ether oxygens (including phenoxy) is 2. The highest BCUT2D eigenvalue weighted by molar-refractivity contribution is 7.89. The molecule has 1 heterocycles. The Morgan fingerprint density at radius 3 is 2.36 bits per heavy atom. The van der Waals surface area contributed by atoms with Crippen molar-refractivity contribution in [2.24, 2.45) is 0 Å². The fourth-order valence-corrected chi connectivity index (χ4v) is 3.83. The quantitative estimate of drug-likeness (QED) is 0.787. The Kier molecular flexibility index (Phi) is 5.71. The number of hydrogen-bond acceptors (Lipinski definition) is 4. The molecule has 0 N–H and O–H groups in total. The zero-order valence-corrected chi connectivity index (χ0v) is 14.5. The van der Waals surface area contributed by atoms with E-state index in [1.807, 2.05) is 30.3 Å². The van der Waals surface area contributed by atoms with Gasteiger partial charge in [0, 0.05) is 18.7 Å². The van der Waals surface area contributed by atoms with Crippen molar-refractivity contribution < 1.29 is 17.9 Å². The molecule has 0 radical (unpaired) electrons. The minimum Gasteiger partial charge on any atom is -0.481 e. The van der Waals surface area contributed by atoms with Crippen molar-refractivity contribution in [2.45, 2.75) is 4.90 Å². The van der Waals surface area contributed by atoms with Gasteiger partial charge in [-0.15, -0.1) is 0 Å². The smallest absolute Gasteiger partial charge is 0.243 e. The van der Waals surface area contributed by atoms with Crippen LogP contribution in [-0.2, 0) is 14.8 Å². The first-order chi connectivity index (χ1) is 12.2. The summed E-state index contributed by atoms with van der Waals surface area (Å²) in [6, 6.07) is 16.1. The zero-order valence-electron chi connectivity index (χ0n) is 13.7. The predicted molar refractivity (Wildman–Crippen MR) is 94.8 cm³/mol. The van der Waals surface area contributed by atoms with Crippen LogP contribution in [0.2, 0.25) is 0 Å². The lowest BCUT2D eigenvalue weighted by molar-refractivity contribution is 0.0730. The number of hydrogen-bond donors (Lipinski definition) is 0. The Morgan fingerprint density at radius 1 is 1.00 bits per heavy atom. The van der Waals surface area contributed by atoms with E-state index >= 15 is 0 Å². The van der Waals surface area contributed by atoms with E-state index < -0.39 is 10.0 Å². The standard InChI is InChI=1S/C19H19NO4S/c21-25(22,20-12-15-23-16-13-20)19-10-8-18(9-11-19)24-14-4-7-17-5-2-1-3-6-17/h1-3,5-6,8-11H,12-16H2. The van der Waals surface area contributed by atoms with Gasteiger partial charge >= 0.3 is 0 Å². The van der Waals surface area contributed by atoms with Crippen LogP contribution in [0.25, 0.3) is 0 Å². The largest absolute Gasteiger partial charge is 0.481 e. The minimum atomic E-state index is -3.47. The number of rotatable bonds is 4. The van der Waals surface area contributed by atoms with Gasteiger partial charge in [0.05, 0.1) is 18.1 Å². The third-order valence-electron chi connectivity index (χ3n) is 3.75. The van der Waals surface area contributed by atoms with Crippen LogP contribution < -0.4 is 4.74 Å². The van der Waals surface area contributed by atoms with Crippen molar-refractivity contribution >= 4 is 10.0 Å². The monoisotopic (exact) mass is 357 g/mol. The van der Waals surface area contributed by atoms with E-state index in [0.29, 0.717) is 32.1 Å². The summed E-state index contributed by atoms with van der Waals surface area (Å²) in [5.41, 5.74) is 0.929. The van der Waals surface area contributed by atoms with E-state index in [4.69, 9.17) is 9.47 Å². The van der Waals surface area contributed by atoms with E-state index in [2.05, 4.69) is 11.8 Å². The topological polar surface area (TPSA) is 55.8 Å². The molecule has 1 saturated heterocycles. The molecule has 1 fully saturated rings. The highest BCUT2D eigenvalue weighted by atomic mass is 32.2. The first kappa shape index (κ1) is 17.5. The van der Waals surface area contributed by atoms with Crippen molar-refractivity contribution in [3.05, 3.63) is 60.2 Å². The second-order valence-corrected chi connectivity index (χ2v) is 7.38. The lowest BCUT2D eigenvalue weighted by Crippen LogP contribution is -2.40. The van der Waals surface area contributed by atoms with Crippen molar-refractivity contribution in [1.82, 2.24) is 4.31 Å². The number of morpholine rings is 1. The third kappa shape index (κ3) is 4.60. The molecule has 0 bridgehead atoms. The van der Waals surface area contributed by atoms with Crippen LogP contribution in [0, 0.1) is 11.8 Å². The molecule has 0 atom stereocenters. The van der Waals surface area contributed by atoms with Crippen LogP contribution in [0.15, 0.2) is 59.5 Å². The highest BCUT2D eigenvalue weighted by Gasteiger charge is 2.26. The van der Waals surface area contributed by atoms with E-state index in [9.17, 15) is 8.42 Å². The van der Waals surface area contributed by atoms with E-state index in [0.717, 1.165) is 5.56 Å². The van der Waals surface area contributed by atoms with Crippen molar-refractivity contribution in [1.29, 1.82) is 0 Å². The Morgan fingerprint density at radius 2 is 1.68 bits per heavy atom. The summed E-state index contributed by atoms with van der Waals surface area (Å²) in [6.07, 6.45) is 0. The lowest BCUT2D eigenvalue weighted by atomic mass is 10.2. The molecule has 0 aliphatic carbocycles. The molecule has 0 aromatic heterocycles.